The highest BCUT2D eigenvalue weighted by Gasteiger charge is 2.37. The van der Waals surface area contributed by atoms with Gasteiger partial charge >= 0.3 is 0 Å². The minimum atomic E-state index is 0.214. The molecule has 0 aromatic rings. The maximum absolute atomic E-state index is 11.7. The fourth-order valence-corrected chi connectivity index (χ4v) is 1.79. The van der Waals surface area contributed by atoms with Crippen LogP contribution in [0, 0.1) is 11.8 Å². The van der Waals surface area contributed by atoms with Crippen LogP contribution in [0.25, 0.3) is 0 Å². The molecule has 1 unspecified atom stereocenters. The summed E-state index contributed by atoms with van der Waals surface area (Å²) in [6, 6.07) is 0.492. The van der Waals surface area contributed by atoms with Crippen molar-refractivity contribution in [1.29, 1.82) is 0 Å². The molecular weight excluding hydrogens is 164 g/mol. The van der Waals surface area contributed by atoms with Crippen LogP contribution in [0.2, 0.25) is 0 Å². The lowest BCUT2D eigenvalue weighted by atomic mass is 9.99. The third-order valence-electron chi connectivity index (χ3n) is 2.93. The zero-order chi connectivity index (χ0) is 9.26. The van der Waals surface area contributed by atoms with Gasteiger partial charge in [-0.1, -0.05) is 0 Å². The van der Waals surface area contributed by atoms with Crippen molar-refractivity contribution in [2.75, 3.05) is 6.54 Å². The van der Waals surface area contributed by atoms with Crippen molar-refractivity contribution in [2.24, 2.45) is 17.6 Å². The lowest BCUT2D eigenvalue weighted by Crippen LogP contribution is -2.34. The Morgan fingerprint density at radius 2 is 2.08 bits per heavy atom. The summed E-state index contributed by atoms with van der Waals surface area (Å²) in [4.78, 5) is 11.7. The molecule has 2 aliphatic carbocycles. The van der Waals surface area contributed by atoms with Gasteiger partial charge in [-0.05, 0) is 44.6 Å². The zero-order valence-corrected chi connectivity index (χ0v) is 7.96. The number of amides is 1. The molecule has 3 N–H and O–H groups in total. The average molecular weight is 182 g/mol. The molecule has 0 aliphatic heterocycles. The average Bonchev–Trinajstić information content (AvgIpc) is 2.92. The molecule has 0 aromatic heterocycles. The van der Waals surface area contributed by atoms with Gasteiger partial charge in [0.15, 0.2) is 0 Å². The van der Waals surface area contributed by atoms with E-state index < -0.39 is 0 Å². The predicted molar refractivity (Wildman–Crippen MR) is 51.1 cm³/mol. The van der Waals surface area contributed by atoms with Crippen molar-refractivity contribution >= 4 is 5.91 Å². The molecule has 0 spiro atoms. The molecule has 0 bridgehead atoms. The molecule has 0 saturated heterocycles. The Kier molecular flexibility index (Phi) is 2.54. The van der Waals surface area contributed by atoms with Crippen molar-refractivity contribution in [2.45, 2.75) is 38.1 Å². The first-order valence-corrected chi connectivity index (χ1v) is 5.31. The molecule has 0 heterocycles. The Hall–Kier alpha value is -0.570. The van der Waals surface area contributed by atoms with Crippen molar-refractivity contribution in [1.82, 2.24) is 5.32 Å². The van der Waals surface area contributed by atoms with E-state index in [1.165, 1.54) is 25.7 Å². The SMILES string of the molecule is NCCC(C(=O)NC1CC1)C1CC1. The molecular formula is C10H18N2O. The van der Waals surface area contributed by atoms with Crippen LogP contribution in [0.15, 0.2) is 0 Å². The largest absolute Gasteiger partial charge is 0.353 e. The number of carbonyl (C=O) groups is 1. The molecule has 0 aromatic carbocycles. The molecule has 13 heavy (non-hydrogen) atoms. The molecule has 1 amide bonds. The highest BCUT2D eigenvalue weighted by atomic mass is 16.2. The zero-order valence-electron chi connectivity index (χ0n) is 7.96. The molecule has 2 fully saturated rings. The summed E-state index contributed by atoms with van der Waals surface area (Å²) < 4.78 is 0. The van der Waals surface area contributed by atoms with Gasteiger partial charge in [-0.25, -0.2) is 0 Å². The Labute approximate surface area is 79.1 Å². The van der Waals surface area contributed by atoms with Crippen LogP contribution in [0.4, 0.5) is 0 Å². The molecule has 3 heteroatoms. The quantitative estimate of drug-likeness (QED) is 0.655. The second kappa shape index (κ2) is 3.66. The van der Waals surface area contributed by atoms with Gasteiger partial charge in [0.2, 0.25) is 5.91 Å². The maximum Gasteiger partial charge on any atom is 0.223 e. The van der Waals surface area contributed by atoms with Crippen LogP contribution in [-0.2, 0) is 4.79 Å². The topological polar surface area (TPSA) is 55.1 Å². The second-order valence-corrected chi connectivity index (χ2v) is 4.30. The van der Waals surface area contributed by atoms with Crippen LogP contribution in [0.5, 0.6) is 0 Å². The van der Waals surface area contributed by atoms with E-state index in [9.17, 15) is 4.79 Å². The summed E-state index contributed by atoms with van der Waals surface area (Å²) in [6.45, 7) is 0.638. The van der Waals surface area contributed by atoms with E-state index in [2.05, 4.69) is 5.32 Å². The lowest BCUT2D eigenvalue weighted by Gasteiger charge is -2.14. The van der Waals surface area contributed by atoms with E-state index >= 15 is 0 Å². The molecule has 2 rings (SSSR count). The van der Waals surface area contributed by atoms with Gasteiger partial charge in [0.05, 0.1) is 0 Å². The Morgan fingerprint density at radius 3 is 2.54 bits per heavy atom. The van der Waals surface area contributed by atoms with Crippen LogP contribution < -0.4 is 11.1 Å². The first-order chi connectivity index (χ1) is 6.31. The van der Waals surface area contributed by atoms with Gasteiger partial charge in [-0.3, -0.25) is 4.79 Å². The van der Waals surface area contributed by atoms with Gasteiger partial charge < -0.3 is 11.1 Å². The lowest BCUT2D eigenvalue weighted by molar-refractivity contribution is -0.125. The summed E-state index contributed by atoms with van der Waals surface area (Å²) in [7, 11) is 0. The molecule has 1 atom stereocenters. The minimum absolute atomic E-state index is 0.214. The number of rotatable bonds is 5. The van der Waals surface area contributed by atoms with E-state index in [4.69, 9.17) is 5.73 Å². The van der Waals surface area contributed by atoms with Crippen LogP contribution >= 0.6 is 0 Å². The first kappa shape index (κ1) is 9.00. The Balaban J connectivity index is 1.81. The van der Waals surface area contributed by atoms with E-state index in [1.54, 1.807) is 0 Å². The van der Waals surface area contributed by atoms with E-state index in [1.807, 2.05) is 0 Å². The monoisotopic (exact) mass is 182 g/mol. The maximum atomic E-state index is 11.7. The smallest absolute Gasteiger partial charge is 0.223 e. The number of carbonyl (C=O) groups excluding carboxylic acids is 1. The Morgan fingerprint density at radius 1 is 1.38 bits per heavy atom. The third kappa shape index (κ3) is 2.44. The van der Waals surface area contributed by atoms with Crippen LogP contribution in [-0.4, -0.2) is 18.5 Å². The number of nitrogens with two attached hydrogens (primary N) is 1. The van der Waals surface area contributed by atoms with Gasteiger partial charge in [-0.15, -0.1) is 0 Å². The molecule has 0 radical (unpaired) electrons. The second-order valence-electron chi connectivity index (χ2n) is 4.30. The van der Waals surface area contributed by atoms with Crippen LogP contribution in [0.3, 0.4) is 0 Å². The normalized spacial score (nSPS) is 24.1. The van der Waals surface area contributed by atoms with E-state index in [-0.39, 0.29) is 11.8 Å². The minimum Gasteiger partial charge on any atom is -0.353 e. The molecule has 2 aliphatic rings. The first-order valence-electron chi connectivity index (χ1n) is 5.31. The Bertz CT molecular complexity index is 197. The summed E-state index contributed by atoms with van der Waals surface area (Å²) >= 11 is 0. The molecule has 2 saturated carbocycles. The van der Waals surface area contributed by atoms with Crippen molar-refractivity contribution in [3.8, 4) is 0 Å². The highest BCUT2D eigenvalue weighted by molar-refractivity contribution is 5.79. The van der Waals surface area contributed by atoms with Crippen LogP contribution in [0.1, 0.15) is 32.1 Å². The van der Waals surface area contributed by atoms with Gasteiger partial charge in [0.1, 0.15) is 0 Å². The van der Waals surface area contributed by atoms with Gasteiger partial charge in [0, 0.05) is 12.0 Å². The van der Waals surface area contributed by atoms with Gasteiger partial charge in [0.25, 0.3) is 0 Å². The third-order valence-corrected chi connectivity index (χ3v) is 2.93. The van der Waals surface area contributed by atoms with Crippen molar-refractivity contribution in [3.63, 3.8) is 0 Å². The van der Waals surface area contributed by atoms with E-state index in [0.717, 1.165) is 6.42 Å². The summed E-state index contributed by atoms with van der Waals surface area (Å²) in [5.41, 5.74) is 5.50. The fraction of sp³-hybridized carbons (Fsp3) is 0.900. The number of hydrogen-bond acceptors (Lipinski definition) is 2. The fourth-order valence-electron chi connectivity index (χ4n) is 1.79. The molecule has 3 nitrogen and oxygen atoms in total. The summed E-state index contributed by atoms with van der Waals surface area (Å²) in [5.74, 6) is 1.11. The molecule has 74 valence electrons. The standard InChI is InChI=1S/C10H18N2O/c11-6-5-9(7-1-2-7)10(13)12-8-3-4-8/h7-9H,1-6,11H2,(H,12,13). The number of hydrogen-bond donors (Lipinski definition) is 2. The summed E-state index contributed by atoms with van der Waals surface area (Å²) in [6.07, 6.45) is 5.66. The van der Waals surface area contributed by atoms with Crippen molar-refractivity contribution in [3.05, 3.63) is 0 Å². The highest BCUT2D eigenvalue weighted by Crippen LogP contribution is 2.38. The number of nitrogens with one attached hydrogen (secondary N) is 1. The van der Waals surface area contributed by atoms with E-state index in [0.29, 0.717) is 18.5 Å². The summed E-state index contributed by atoms with van der Waals surface area (Å²) in [5, 5.41) is 3.07. The predicted octanol–water partition coefficient (Wildman–Crippen LogP) is 0.640. The van der Waals surface area contributed by atoms with Gasteiger partial charge in [-0.2, -0.15) is 0 Å². The van der Waals surface area contributed by atoms with Crippen molar-refractivity contribution < 1.29 is 4.79 Å².